The second-order valence-corrected chi connectivity index (χ2v) is 7.48. The van der Waals surface area contributed by atoms with Gasteiger partial charge in [0, 0.05) is 10.2 Å². The van der Waals surface area contributed by atoms with Crippen LogP contribution in [0.2, 0.25) is 0 Å². The van der Waals surface area contributed by atoms with Crippen molar-refractivity contribution in [2.75, 3.05) is 11.9 Å². The van der Waals surface area contributed by atoms with Gasteiger partial charge in [0.05, 0.1) is 12.6 Å². The number of rotatable bonds is 6. The highest BCUT2D eigenvalue weighted by Gasteiger charge is 2.33. The lowest BCUT2D eigenvalue weighted by Crippen LogP contribution is -2.42. The highest BCUT2D eigenvalue weighted by molar-refractivity contribution is 9.10. The highest BCUT2D eigenvalue weighted by Crippen LogP contribution is 2.40. The molecule has 3 N–H and O–H groups in total. The molecule has 1 fully saturated rings. The lowest BCUT2D eigenvalue weighted by atomic mass is 10.0. The van der Waals surface area contributed by atoms with Gasteiger partial charge < -0.3 is 16.0 Å². The Balaban J connectivity index is 1.50. The Morgan fingerprint density at radius 2 is 1.88 bits per heavy atom. The summed E-state index contributed by atoms with van der Waals surface area (Å²) in [6, 6.07) is 15.2. The summed E-state index contributed by atoms with van der Waals surface area (Å²) in [6.07, 6.45) is 2.23. The summed E-state index contributed by atoms with van der Waals surface area (Å²) >= 11 is 3.39. The van der Waals surface area contributed by atoms with Crippen molar-refractivity contribution in [3.05, 3.63) is 64.1 Å². The Hall–Kier alpha value is -2.34. The van der Waals surface area contributed by atoms with Crippen molar-refractivity contribution in [2.45, 2.75) is 25.8 Å². The van der Waals surface area contributed by atoms with E-state index < -0.39 is 0 Å². The molecule has 1 atom stereocenters. The van der Waals surface area contributed by atoms with Gasteiger partial charge in [-0.05, 0) is 55.0 Å². The first-order chi connectivity index (χ1) is 12.5. The minimum atomic E-state index is -0.326. The van der Waals surface area contributed by atoms with E-state index in [0.29, 0.717) is 5.92 Å². The molecular formula is C20H22BrN3O2. The lowest BCUT2D eigenvalue weighted by Gasteiger charge is -2.19. The Morgan fingerprint density at radius 3 is 2.54 bits per heavy atom. The lowest BCUT2D eigenvalue weighted by molar-refractivity contribution is -0.115. The number of aryl methyl sites for hydroxylation is 1. The fourth-order valence-corrected chi connectivity index (χ4v) is 3.35. The number of amides is 3. The fraction of sp³-hybridized carbons (Fsp3) is 0.300. The molecule has 2 aromatic carbocycles. The fourth-order valence-electron chi connectivity index (χ4n) is 2.88. The zero-order chi connectivity index (χ0) is 18.5. The molecule has 3 rings (SSSR count). The van der Waals surface area contributed by atoms with Gasteiger partial charge in [0.2, 0.25) is 5.91 Å². The Morgan fingerprint density at radius 1 is 1.15 bits per heavy atom. The van der Waals surface area contributed by atoms with Crippen molar-refractivity contribution in [3.8, 4) is 0 Å². The van der Waals surface area contributed by atoms with Gasteiger partial charge in [-0.3, -0.25) is 4.79 Å². The molecule has 1 aliphatic rings. The number of halogens is 1. The van der Waals surface area contributed by atoms with Crippen molar-refractivity contribution < 1.29 is 9.59 Å². The van der Waals surface area contributed by atoms with Crippen LogP contribution in [0.1, 0.15) is 30.0 Å². The van der Waals surface area contributed by atoms with E-state index >= 15 is 0 Å². The molecule has 0 aliphatic heterocycles. The van der Waals surface area contributed by atoms with Crippen molar-refractivity contribution in [1.29, 1.82) is 0 Å². The minimum absolute atomic E-state index is 0.00650. The molecule has 6 heteroatoms. The van der Waals surface area contributed by atoms with Gasteiger partial charge in [-0.2, -0.15) is 0 Å². The summed E-state index contributed by atoms with van der Waals surface area (Å²) in [5.41, 5.74) is 2.79. The van der Waals surface area contributed by atoms with Crippen LogP contribution in [0.25, 0.3) is 0 Å². The van der Waals surface area contributed by atoms with Crippen LogP contribution in [0.4, 0.5) is 10.5 Å². The highest BCUT2D eigenvalue weighted by atomic mass is 79.9. The SMILES string of the molecule is Cc1cc(Br)ccc1NC(=O)CNC(=O)NC(c1ccccc1)C1CC1. The molecule has 2 aromatic rings. The van der Waals surface area contributed by atoms with Gasteiger partial charge >= 0.3 is 6.03 Å². The zero-order valence-corrected chi connectivity index (χ0v) is 16.2. The normalized spacial score (nSPS) is 14.4. The summed E-state index contributed by atoms with van der Waals surface area (Å²) in [5.74, 6) is 0.218. The molecule has 26 heavy (non-hydrogen) atoms. The topological polar surface area (TPSA) is 70.2 Å². The predicted molar refractivity (Wildman–Crippen MR) is 106 cm³/mol. The third-order valence-electron chi connectivity index (χ3n) is 4.41. The molecule has 0 aromatic heterocycles. The second-order valence-electron chi connectivity index (χ2n) is 6.56. The molecule has 0 saturated heterocycles. The Bertz CT molecular complexity index is 791. The molecule has 0 radical (unpaired) electrons. The van der Waals surface area contributed by atoms with E-state index in [2.05, 4.69) is 31.9 Å². The number of benzene rings is 2. The standard InChI is InChI=1S/C20H22BrN3O2/c1-13-11-16(21)9-10-17(13)23-18(25)12-22-20(26)24-19(15-7-8-15)14-5-3-2-4-6-14/h2-6,9-11,15,19H,7-8,12H2,1H3,(H,23,25)(H2,22,24,26). The second kappa shape index (κ2) is 8.36. The van der Waals surface area contributed by atoms with Crippen molar-refractivity contribution >= 4 is 33.6 Å². The molecule has 0 bridgehead atoms. The molecule has 1 aliphatic carbocycles. The van der Waals surface area contributed by atoms with Crippen molar-refractivity contribution in [1.82, 2.24) is 10.6 Å². The number of hydrogen-bond donors (Lipinski definition) is 3. The maximum absolute atomic E-state index is 12.2. The van der Waals surface area contributed by atoms with Crippen molar-refractivity contribution in [3.63, 3.8) is 0 Å². The molecular weight excluding hydrogens is 394 g/mol. The molecule has 3 amide bonds. The van der Waals surface area contributed by atoms with Gasteiger partial charge in [-0.25, -0.2) is 4.79 Å². The first kappa shape index (κ1) is 18.5. The number of anilines is 1. The number of carbonyl (C=O) groups excluding carboxylic acids is 2. The largest absolute Gasteiger partial charge is 0.331 e. The van der Waals surface area contributed by atoms with Crippen LogP contribution in [0.15, 0.2) is 53.0 Å². The van der Waals surface area contributed by atoms with Crippen LogP contribution < -0.4 is 16.0 Å². The predicted octanol–water partition coefficient (Wildman–Crippen LogP) is 4.15. The molecule has 1 unspecified atom stereocenters. The first-order valence-corrected chi connectivity index (χ1v) is 9.47. The molecule has 5 nitrogen and oxygen atoms in total. The molecule has 0 heterocycles. The Kier molecular flexibility index (Phi) is 5.93. The van der Waals surface area contributed by atoms with Crippen LogP contribution in [-0.4, -0.2) is 18.5 Å². The number of hydrogen-bond acceptors (Lipinski definition) is 2. The Labute approximate surface area is 161 Å². The maximum Gasteiger partial charge on any atom is 0.315 e. The number of nitrogens with one attached hydrogen (secondary N) is 3. The zero-order valence-electron chi connectivity index (χ0n) is 14.6. The molecule has 1 saturated carbocycles. The summed E-state index contributed by atoms with van der Waals surface area (Å²) in [5, 5.41) is 8.45. The van der Waals surface area contributed by atoms with Gasteiger partial charge in [0.1, 0.15) is 0 Å². The molecule has 136 valence electrons. The van der Waals surface area contributed by atoms with E-state index in [9.17, 15) is 9.59 Å². The average Bonchev–Trinajstić information content (AvgIpc) is 3.46. The van der Waals surface area contributed by atoms with E-state index in [-0.39, 0.29) is 24.5 Å². The van der Waals surface area contributed by atoms with E-state index in [1.165, 1.54) is 0 Å². The van der Waals surface area contributed by atoms with Crippen LogP contribution in [0, 0.1) is 12.8 Å². The van der Waals surface area contributed by atoms with Gasteiger partial charge in [-0.1, -0.05) is 46.3 Å². The summed E-state index contributed by atoms with van der Waals surface area (Å²) in [6.45, 7) is 1.84. The van der Waals surface area contributed by atoms with Gasteiger partial charge in [-0.15, -0.1) is 0 Å². The summed E-state index contributed by atoms with van der Waals surface area (Å²) in [4.78, 5) is 24.3. The quantitative estimate of drug-likeness (QED) is 0.662. The van der Waals surface area contributed by atoms with Crippen molar-refractivity contribution in [2.24, 2.45) is 5.92 Å². The average molecular weight is 416 g/mol. The van der Waals surface area contributed by atoms with E-state index in [4.69, 9.17) is 0 Å². The smallest absolute Gasteiger partial charge is 0.315 e. The maximum atomic E-state index is 12.2. The van der Waals surface area contributed by atoms with Crippen LogP contribution in [0.3, 0.4) is 0 Å². The third-order valence-corrected chi connectivity index (χ3v) is 4.90. The van der Waals surface area contributed by atoms with E-state index in [1.54, 1.807) is 0 Å². The summed E-state index contributed by atoms with van der Waals surface area (Å²) < 4.78 is 0.956. The van der Waals surface area contributed by atoms with Crippen LogP contribution >= 0.6 is 15.9 Å². The molecule has 0 spiro atoms. The van der Waals surface area contributed by atoms with Crippen LogP contribution in [0.5, 0.6) is 0 Å². The van der Waals surface area contributed by atoms with E-state index in [0.717, 1.165) is 34.1 Å². The summed E-state index contributed by atoms with van der Waals surface area (Å²) in [7, 11) is 0. The van der Waals surface area contributed by atoms with Gasteiger partial charge in [0.15, 0.2) is 0 Å². The minimum Gasteiger partial charge on any atom is -0.331 e. The third kappa shape index (κ3) is 5.08. The van der Waals surface area contributed by atoms with E-state index in [1.807, 2.05) is 55.5 Å². The van der Waals surface area contributed by atoms with Crippen LogP contribution in [-0.2, 0) is 4.79 Å². The number of carbonyl (C=O) groups is 2. The monoisotopic (exact) mass is 415 g/mol. The number of urea groups is 1. The van der Waals surface area contributed by atoms with Gasteiger partial charge in [0.25, 0.3) is 0 Å². The first-order valence-electron chi connectivity index (χ1n) is 8.68.